The maximum Gasteiger partial charge on any atom is 0.325 e. The van der Waals surface area contributed by atoms with Crippen LogP contribution in [0.15, 0.2) is 0 Å². The lowest BCUT2D eigenvalue weighted by atomic mass is 10.2. The molecule has 0 aromatic heterocycles. The standard InChI is InChI=1S/C7H14N2O5/c1-3(5(9)6(11)12)14-7(13)4(8)2-10/h3-5,10H,2,8-9H2,1H3,(H,11,12)/t3-,4+,5+/m0/s1. The van der Waals surface area contributed by atoms with E-state index in [0.29, 0.717) is 0 Å². The molecule has 0 radical (unpaired) electrons. The summed E-state index contributed by atoms with van der Waals surface area (Å²) in [5.74, 6) is -2.15. The zero-order valence-electron chi connectivity index (χ0n) is 7.71. The Balaban J connectivity index is 4.12. The molecule has 7 nitrogen and oxygen atoms in total. The molecule has 0 aliphatic rings. The molecule has 0 fully saturated rings. The Morgan fingerprint density at radius 2 is 1.93 bits per heavy atom. The molecule has 0 aromatic rings. The van der Waals surface area contributed by atoms with Crippen LogP contribution in [0.25, 0.3) is 0 Å². The molecule has 0 bridgehead atoms. The highest BCUT2D eigenvalue weighted by Gasteiger charge is 2.25. The van der Waals surface area contributed by atoms with Crippen LogP contribution in [0, 0.1) is 0 Å². The summed E-state index contributed by atoms with van der Waals surface area (Å²) in [5.41, 5.74) is 10.3. The third kappa shape index (κ3) is 3.69. The molecule has 0 aromatic carbocycles. The van der Waals surface area contributed by atoms with Crippen molar-refractivity contribution in [3.8, 4) is 0 Å². The second kappa shape index (κ2) is 5.53. The quantitative estimate of drug-likeness (QED) is 0.370. The molecule has 0 saturated carbocycles. The number of esters is 1. The van der Waals surface area contributed by atoms with E-state index < -0.39 is 36.7 Å². The van der Waals surface area contributed by atoms with Gasteiger partial charge in [-0.25, -0.2) is 0 Å². The van der Waals surface area contributed by atoms with Gasteiger partial charge in [0.25, 0.3) is 0 Å². The molecule has 6 N–H and O–H groups in total. The zero-order valence-corrected chi connectivity index (χ0v) is 7.71. The molecular formula is C7H14N2O5. The second-order valence-electron chi connectivity index (χ2n) is 2.80. The molecule has 0 rings (SSSR count). The number of carbonyl (C=O) groups excluding carboxylic acids is 1. The molecule has 7 heteroatoms. The number of hydrogen-bond acceptors (Lipinski definition) is 6. The highest BCUT2D eigenvalue weighted by molar-refractivity contribution is 5.78. The highest BCUT2D eigenvalue weighted by Crippen LogP contribution is 1.98. The molecule has 0 unspecified atom stereocenters. The van der Waals surface area contributed by atoms with Crippen molar-refractivity contribution in [2.24, 2.45) is 11.5 Å². The van der Waals surface area contributed by atoms with Crippen LogP contribution in [0.5, 0.6) is 0 Å². The van der Waals surface area contributed by atoms with Crippen LogP contribution in [-0.2, 0) is 14.3 Å². The molecule has 14 heavy (non-hydrogen) atoms. The predicted octanol–water partition coefficient (Wildman–Crippen LogP) is -2.35. The van der Waals surface area contributed by atoms with Crippen LogP contribution in [0.2, 0.25) is 0 Å². The van der Waals surface area contributed by atoms with Gasteiger partial charge in [-0.3, -0.25) is 9.59 Å². The third-order valence-electron chi connectivity index (χ3n) is 1.59. The largest absolute Gasteiger partial charge is 0.480 e. The average Bonchev–Trinajstić information content (AvgIpc) is 2.14. The Morgan fingerprint density at radius 1 is 1.43 bits per heavy atom. The van der Waals surface area contributed by atoms with Gasteiger partial charge >= 0.3 is 11.9 Å². The molecule has 82 valence electrons. The second-order valence-corrected chi connectivity index (χ2v) is 2.80. The van der Waals surface area contributed by atoms with E-state index in [9.17, 15) is 9.59 Å². The van der Waals surface area contributed by atoms with Crippen molar-refractivity contribution in [2.75, 3.05) is 6.61 Å². The van der Waals surface area contributed by atoms with E-state index in [4.69, 9.17) is 21.7 Å². The van der Waals surface area contributed by atoms with E-state index in [1.807, 2.05) is 0 Å². The van der Waals surface area contributed by atoms with Gasteiger partial charge in [0.05, 0.1) is 6.61 Å². The summed E-state index contributed by atoms with van der Waals surface area (Å²) in [7, 11) is 0. The lowest BCUT2D eigenvalue weighted by molar-refractivity contribution is -0.155. The average molecular weight is 206 g/mol. The van der Waals surface area contributed by atoms with Gasteiger partial charge < -0.3 is 26.4 Å². The lowest BCUT2D eigenvalue weighted by Crippen LogP contribution is -2.46. The van der Waals surface area contributed by atoms with Crippen LogP contribution in [0.4, 0.5) is 0 Å². The first-order valence-electron chi connectivity index (χ1n) is 3.95. The van der Waals surface area contributed by atoms with Crippen LogP contribution in [-0.4, -0.2) is 46.9 Å². The van der Waals surface area contributed by atoms with E-state index >= 15 is 0 Å². The zero-order chi connectivity index (χ0) is 11.3. The SMILES string of the molecule is C[C@H](OC(=O)[C@H](N)CO)[C@@H](N)C(=O)O. The monoisotopic (exact) mass is 206 g/mol. The number of carbonyl (C=O) groups is 2. The van der Waals surface area contributed by atoms with Crippen LogP contribution in [0.1, 0.15) is 6.92 Å². The number of carboxylic acids is 1. The minimum atomic E-state index is -1.30. The topological polar surface area (TPSA) is 136 Å². The van der Waals surface area contributed by atoms with Gasteiger partial charge in [0.2, 0.25) is 0 Å². The molecule has 0 aliphatic carbocycles. The number of aliphatic carboxylic acids is 1. The van der Waals surface area contributed by atoms with Gasteiger partial charge in [0.15, 0.2) is 0 Å². The Morgan fingerprint density at radius 3 is 2.29 bits per heavy atom. The minimum absolute atomic E-state index is 0.562. The predicted molar refractivity (Wildman–Crippen MR) is 46.2 cm³/mol. The number of rotatable bonds is 5. The number of aliphatic hydroxyl groups is 1. The molecular weight excluding hydrogens is 192 g/mol. The molecule has 0 spiro atoms. The number of carboxylic acid groups (broad SMARTS) is 1. The van der Waals surface area contributed by atoms with Gasteiger partial charge in [-0.2, -0.15) is 0 Å². The summed E-state index contributed by atoms with van der Waals surface area (Å²) in [6.45, 7) is 0.772. The maximum atomic E-state index is 11.0. The first kappa shape index (κ1) is 12.8. The maximum absolute atomic E-state index is 11.0. The van der Waals surface area contributed by atoms with Gasteiger partial charge in [0.1, 0.15) is 18.2 Å². The van der Waals surface area contributed by atoms with Crippen LogP contribution in [0.3, 0.4) is 0 Å². The lowest BCUT2D eigenvalue weighted by Gasteiger charge is -2.18. The summed E-state index contributed by atoms with van der Waals surface area (Å²) in [6, 6.07) is -2.47. The first-order valence-corrected chi connectivity index (χ1v) is 3.95. The number of aliphatic hydroxyl groups excluding tert-OH is 1. The fourth-order valence-electron chi connectivity index (χ4n) is 0.619. The van der Waals surface area contributed by atoms with Gasteiger partial charge in [-0.15, -0.1) is 0 Å². The smallest absolute Gasteiger partial charge is 0.325 e. The van der Waals surface area contributed by atoms with E-state index in [0.717, 1.165) is 0 Å². The van der Waals surface area contributed by atoms with E-state index in [-0.39, 0.29) is 0 Å². The molecule has 3 atom stereocenters. The third-order valence-corrected chi connectivity index (χ3v) is 1.59. The van der Waals surface area contributed by atoms with Crippen molar-refractivity contribution in [1.29, 1.82) is 0 Å². The molecule has 0 saturated heterocycles. The number of hydrogen-bond donors (Lipinski definition) is 4. The van der Waals surface area contributed by atoms with E-state index in [2.05, 4.69) is 4.74 Å². The summed E-state index contributed by atoms with van der Waals surface area (Å²) in [4.78, 5) is 21.3. The molecule has 0 amide bonds. The van der Waals surface area contributed by atoms with Crippen molar-refractivity contribution in [3.05, 3.63) is 0 Å². The molecule has 0 heterocycles. The van der Waals surface area contributed by atoms with Crippen molar-refractivity contribution in [2.45, 2.75) is 25.1 Å². The number of ether oxygens (including phenoxy) is 1. The van der Waals surface area contributed by atoms with Gasteiger partial charge in [0, 0.05) is 0 Å². The van der Waals surface area contributed by atoms with Crippen molar-refractivity contribution < 1.29 is 24.5 Å². The number of nitrogens with two attached hydrogens (primary N) is 2. The van der Waals surface area contributed by atoms with Crippen LogP contribution < -0.4 is 11.5 Å². The van der Waals surface area contributed by atoms with Crippen molar-refractivity contribution in [3.63, 3.8) is 0 Å². The normalized spacial score (nSPS) is 16.9. The van der Waals surface area contributed by atoms with E-state index in [1.54, 1.807) is 0 Å². The Hall–Kier alpha value is -1.18. The summed E-state index contributed by atoms with van der Waals surface area (Å²) < 4.78 is 4.60. The summed E-state index contributed by atoms with van der Waals surface area (Å²) in [6.07, 6.45) is -0.988. The van der Waals surface area contributed by atoms with Gasteiger partial charge in [-0.05, 0) is 6.92 Å². The highest BCUT2D eigenvalue weighted by atomic mass is 16.5. The van der Waals surface area contributed by atoms with Crippen LogP contribution >= 0.6 is 0 Å². The summed E-state index contributed by atoms with van der Waals surface area (Å²) in [5, 5.41) is 17.0. The Bertz CT molecular complexity index is 220. The minimum Gasteiger partial charge on any atom is -0.480 e. The fraction of sp³-hybridized carbons (Fsp3) is 0.714. The Kier molecular flexibility index (Phi) is 5.06. The van der Waals surface area contributed by atoms with Crippen molar-refractivity contribution >= 4 is 11.9 Å². The van der Waals surface area contributed by atoms with Gasteiger partial charge in [-0.1, -0.05) is 0 Å². The summed E-state index contributed by atoms with van der Waals surface area (Å²) >= 11 is 0. The Labute approximate surface area is 80.6 Å². The van der Waals surface area contributed by atoms with E-state index in [1.165, 1.54) is 6.92 Å². The molecule has 0 aliphatic heterocycles. The van der Waals surface area contributed by atoms with Crippen molar-refractivity contribution in [1.82, 2.24) is 0 Å². The first-order chi connectivity index (χ1) is 6.40. The fourth-order valence-corrected chi connectivity index (χ4v) is 0.619.